The topological polar surface area (TPSA) is 18.5 Å². The number of aryl methyl sites for hydroxylation is 2. The van der Waals surface area contributed by atoms with Gasteiger partial charge in [-0.1, -0.05) is 42.5 Å². The average molecular weight is 488 g/mol. The van der Waals surface area contributed by atoms with Crippen molar-refractivity contribution >= 4 is 0 Å². The molecule has 0 aromatic heterocycles. The number of hydrogen-bond acceptors (Lipinski definition) is 2. The highest BCUT2D eigenvalue weighted by Crippen LogP contribution is 2.31. The smallest absolute Gasteiger partial charge is 0.194 e. The highest BCUT2D eigenvalue weighted by atomic mass is 19.2. The number of hydrogen-bond donors (Lipinski definition) is 0. The SMILES string of the molecule is C=CCCC1COC(c2ccc(-c3ccc(CCc4cc(F)c(F)c(F)c4)c(F)c3F)cc2)OC1. The molecule has 3 aromatic carbocycles. The van der Waals surface area contributed by atoms with Crippen LogP contribution in [0.15, 0.2) is 61.2 Å². The molecule has 1 heterocycles. The highest BCUT2D eigenvalue weighted by Gasteiger charge is 2.23. The third-order valence-electron chi connectivity index (χ3n) is 6.13. The summed E-state index contributed by atoms with van der Waals surface area (Å²) < 4.78 is 81.1. The van der Waals surface area contributed by atoms with E-state index in [0.29, 0.717) is 24.7 Å². The third-order valence-corrected chi connectivity index (χ3v) is 6.13. The molecule has 1 saturated heterocycles. The van der Waals surface area contributed by atoms with E-state index in [-0.39, 0.29) is 29.5 Å². The molecule has 0 aliphatic carbocycles. The second-order valence-corrected chi connectivity index (χ2v) is 8.63. The first-order valence-corrected chi connectivity index (χ1v) is 11.4. The molecule has 1 aliphatic rings. The minimum Gasteiger partial charge on any atom is -0.348 e. The van der Waals surface area contributed by atoms with Crippen LogP contribution >= 0.6 is 0 Å². The summed E-state index contributed by atoms with van der Waals surface area (Å²) in [5.41, 5.74) is 1.57. The lowest BCUT2D eigenvalue weighted by Gasteiger charge is -2.29. The summed E-state index contributed by atoms with van der Waals surface area (Å²) in [4.78, 5) is 0. The molecule has 2 nitrogen and oxygen atoms in total. The Balaban J connectivity index is 1.42. The maximum atomic E-state index is 14.9. The van der Waals surface area contributed by atoms with Gasteiger partial charge in [0.2, 0.25) is 0 Å². The van der Waals surface area contributed by atoms with Crippen molar-refractivity contribution in [3.8, 4) is 11.1 Å². The number of halogens is 5. The monoisotopic (exact) mass is 488 g/mol. The third kappa shape index (κ3) is 5.80. The van der Waals surface area contributed by atoms with Crippen LogP contribution < -0.4 is 0 Å². The van der Waals surface area contributed by atoms with Gasteiger partial charge < -0.3 is 9.47 Å². The molecule has 35 heavy (non-hydrogen) atoms. The molecule has 0 N–H and O–H groups in total. The molecule has 4 rings (SSSR count). The number of rotatable bonds is 8. The number of ether oxygens (including phenoxy) is 2. The van der Waals surface area contributed by atoms with Gasteiger partial charge in [0.25, 0.3) is 0 Å². The summed E-state index contributed by atoms with van der Waals surface area (Å²) in [5.74, 6) is -5.92. The molecule has 0 bridgehead atoms. The Kier molecular flexibility index (Phi) is 7.98. The van der Waals surface area contributed by atoms with Gasteiger partial charge in [-0.15, -0.1) is 6.58 Å². The van der Waals surface area contributed by atoms with Gasteiger partial charge in [-0.3, -0.25) is 0 Å². The molecule has 0 unspecified atom stereocenters. The fourth-order valence-electron chi connectivity index (χ4n) is 4.11. The van der Waals surface area contributed by atoms with Crippen LogP contribution in [-0.4, -0.2) is 13.2 Å². The van der Waals surface area contributed by atoms with Crippen molar-refractivity contribution in [2.24, 2.45) is 5.92 Å². The molecule has 3 aromatic rings. The maximum absolute atomic E-state index is 14.9. The molecule has 0 amide bonds. The Labute approximate surface area is 201 Å². The maximum Gasteiger partial charge on any atom is 0.194 e. The Morgan fingerprint density at radius 2 is 1.46 bits per heavy atom. The molecule has 1 aliphatic heterocycles. The summed E-state index contributed by atoms with van der Waals surface area (Å²) in [7, 11) is 0. The van der Waals surface area contributed by atoms with Crippen molar-refractivity contribution in [2.45, 2.75) is 32.0 Å². The summed E-state index contributed by atoms with van der Waals surface area (Å²) in [6.07, 6.45) is 3.24. The second kappa shape index (κ2) is 11.1. The Hall–Kier alpha value is -3.03. The van der Waals surface area contributed by atoms with Crippen LogP contribution in [0.5, 0.6) is 0 Å². The van der Waals surface area contributed by atoms with Gasteiger partial charge in [-0.25, -0.2) is 22.0 Å². The van der Waals surface area contributed by atoms with Gasteiger partial charge in [0.15, 0.2) is 35.4 Å². The highest BCUT2D eigenvalue weighted by molar-refractivity contribution is 5.65. The van der Waals surface area contributed by atoms with E-state index in [2.05, 4.69) is 6.58 Å². The summed E-state index contributed by atoms with van der Waals surface area (Å²) in [6.45, 7) is 4.88. The Bertz CT molecular complexity index is 1160. The van der Waals surface area contributed by atoms with Crippen molar-refractivity contribution in [3.05, 3.63) is 107 Å². The van der Waals surface area contributed by atoms with Gasteiger partial charge in [-0.05, 0) is 54.5 Å². The summed E-state index contributed by atoms with van der Waals surface area (Å²) in [6, 6.07) is 11.5. The van der Waals surface area contributed by atoms with E-state index >= 15 is 0 Å². The minimum atomic E-state index is -1.56. The normalized spacial score (nSPS) is 18.0. The van der Waals surface area contributed by atoms with E-state index in [1.165, 1.54) is 12.1 Å². The predicted molar refractivity (Wildman–Crippen MR) is 123 cm³/mol. The van der Waals surface area contributed by atoms with Crippen molar-refractivity contribution in [2.75, 3.05) is 13.2 Å². The molecular weight excluding hydrogens is 463 g/mol. The van der Waals surface area contributed by atoms with Gasteiger partial charge >= 0.3 is 0 Å². The first kappa shape index (κ1) is 25.1. The van der Waals surface area contributed by atoms with E-state index < -0.39 is 35.4 Å². The van der Waals surface area contributed by atoms with Gasteiger partial charge in [0, 0.05) is 17.0 Å². The van der Waals surface area contributed by atoms with Crippen LogP contribution in [0.1, 0.15) is 35.8 Å². The van der Waals surface area contributed by atoms with Gasteiger partial charge in [0.1, 0.15) is 0 Å². The van der Waals surface area contributed by atoms with E-state index in [9.17, 15) is 22.0 Å². The summed E-state index contributed by atoms with van der Waals surface area (Å²) in [5, 5.41) is 0. The van der Waals surface area contributed by atoms with Crippen LogP contribution in [0, 0.1) is 35.0 Å². The molecule has 1 fully saturated rings. The number of benzene rings is 3. The van der Waals surface area contributed by atoms with Crippen LogP contribution in [0.3, 0.4) is 0 Å². The van der Waals surface area contributed by atoms with Crippen LogP contribution in [-0.2, 0) is 22.3 Å². The lowest BCUT2D eigenvalue weighted by atomic mass is 9.98. The second-order valence-electron chi connectivity index (χ2n) is 8.63. The lowest BCUT2D eigenvalue weighted by molar-refractivity contribution is -0.205. The average Bonchev–Trinajstić information content (AvgIpc) is 2.87. The van der Waals surface area contributed by atoms with Crippen molar-refractivity contribution in [1.29, 1.82) is 0 Å². The fourth-order valence-corrected chi connectivity index (χ4v) is 4.11. The minimum absolute atomic E-state index is 0.00334. The summed E-state index contributed by atoms with van der Waals surface area (Å²) >= 11 is 0. The van der Waals surface area contributed by atoms with Crippen LogP contribution in [0.25, 0.3) is 11.1 Å². The standard InChI is InChI=1S/C28H25F5O2/c1-2-3-4-18-15-34-28(35-16-18)21-9-7-19(8-10-21)22-12-11-20(25(31)26(22)32)6-5-17-13-23(29)27(33)24(30)14-17/h2,7-14,18,28H,1,3-6,15-16H2. The Morgan fingerprint density at radius 3 is 2.09 bits per heavy atom. The predicted octanol–water partition coefficient (Wildman–Crippen LogP) is 7.46. The molecule has 0 atom stereocenters. The first-order chi connectivity index (χ1) is 16.9. The lowest BCUT2D eigenvalue weighted by Crippen LogP contribution is -2.26. The molecule has 0 spiro atoms. The van der Waals surface area contributed by atoms with E-state index in [1.807, 2.05) is 6.08 Å². The van der Waals surface area contributed by atoms with Gasteiger partial charge in [-0.2, -0.15) is 0 Å². The van der Waals surface area contributed by atoms with Crippen molar-refractivity contribution in [3.63, 3.8) is 0 Å². The zero-order valence-electron chi connectivity index (χ0n) is 19.0. The molecule has 184 valence electrons. The van der Waals surface area contributed by atoms with Gasteiger partial charge in [0.05, 0.1) is 13.2 Å². The van der Waals surface area contributed by atoms with Crippen molar-refractivity contribution < 1.29 is 31.4 Å². The van der Waals surface area contributed by atoms with E-state index in [1.54, 1.807) is 24.3 Å². The number of allylic oxidation sites excluding steroid dienone is 1. The van der Waals surface area contributed by atoms with Crippen LogP contribution in [0.4, 0.5) is 22.0 Å². The molecule has 7 heteroatoms. The zero-order valence-corrected chi connectivity index (χ0v) is 19.0. The van der Waals surface area contributed by atoms with E-state index in [4.69, 9.17) is 9.47 Å². The molecular formula is C28H25F5O2. The van der Waals surface area contributed by atoms with E-state index in [0.717, 1.165) is 30.5 Å². The largest absolute Gasteiger partial charge is 0.348 e. The molecule has 0 saturated carbocycles. The zero-order chi connectivity index (χ0) is 24.9. The quantitative estimate of drug-likeness (QED) is 0.186. The van der Waals surface area contributed by atoms with Crippen LogP contribution in [0.2, 0.25) is 0 Å². The molecule has 0 radical (unpaired) electrons. The van der Waals surface area contributed by atoms with Crippen molar-refractivity contribution in [1.82, 2.24) is 0 Å². The fraction of sp³-hybridized carbons (Fsp3) is 0.286. The Morgan fingerprint density at radius 1 is 0.800 bits per heavy atom. The first-order valence-electron chi connectivity index (χ1n) is 11.4.